The lowest BCUT2D eigenvalue weighted by atomic mass is 10.1. The van der Waals surface area contributed by atoms with Crippen molar-refractivity contribution >= 4 is 28.0 Å². The lowest BCUT2D eigenvalue weighted by Gasteiger charge is -2.11. The summed E-state index contributed by atoms with van der Waals surface area (Å²) in [6.45, 7) is 3.16. The Morgan fingerprint density at radius 2 is 1.96 bits per heavy atom. The van der Waals surface area contributed by atoms with Crippen LogP contribution in [-0.2, 0) is 4.74 Å². The third-order valence-electron chi connectivity index (χ3n) is 4.27. The van der Waals surface area contributed by atoms with Gasteiger partial charge in [-0.2, -0.15) is 0 Å². The highest BCUT2D eigenvalue weighted by molar-refractivity contribution is 7.19. The maximum Gasteiger partial charge on any atom is 0.265 e. The Kier molecular flexibility index (Phi) is 5.67. The summed E-state index contributed by atoms with van der Waals surface area (Å²) in [7, 11) is 6.82. The number of aromatic nitrogens is 2. The van der Waals surface area contributed by atoms with E-state index < -0.39 is 0 Å². The fraction of sp³-hybridized carbons (Fsp3) is 0.368. The van der Waals surface area contributed by atoms with E-state index >= 15 is 0 Å². The molecule has 0 fully saturated rings. The van der Waals surface area contributed by atoms with Crippen LogP contribution in [0.1, 0.15) is 15.4 Å². The van der Waals surface area contributed by atoms with Gasteiger partial charge in [0, 0.05) is 39.0 Å². The number of aryl methyl sites for hydroxylation is 1. The van der Waals surface area contributed by atoms with Gasteiger partial charge in [-0.15, -0.1) is 0 Å². The van der Waals surface area contributed by atoms with E-state index in [1.807, 2.05) is 35.6 Å². The number of hydrogen-bond donors (Lipinski definition) is 1. The molecular weight excluding hydrogens is 364 g/mol. The summed E-state index contributed by atoms with van der Waals surface area (Å²) in [4.78, 5) is 20.3. The van der Waals surface area contributed by atoms with Crippen molar-refractivity contribution in [3.63, 3.8) is 0 Å². The average molecular weight is 388 g/mol. The number of imidazole rings is 1. The molecule has 0 bridgehead atoms. The average Bonchev–Trinajstić information content (AvgIpc) is 3.18. The van der Waals surface area contributed by atoms with E-state index in [0.29, 0.717) is 18.0 Å². The molecular formula is C19H24N4O3S. The number of ether oxygens (including phenoxy) is 2. The number of hydrogen-bond acceptors (Lipinski definition) is 6. The number of anilines is 1. The third-order valence-corrected chi connectivity index (χ3v) is 5.40. The first kappa shape index (κ1) is 19.2. The van der Waals surface area contributed by atoms with E-state index in [-0.39, 0.29) is 5.91 Å². The van der Waals surface area contributed by atoms with E-state index in [1.165, 1.54) is 11.3 Å². The lowest BCUT2D eigenvalue weighted by molar-refractivity contribution is 0.0831. The minimum Gasteiger partial charge on any atom is -0.497 e. The van der Waals surface area contributed by atoms with Crippen LogP contribution in [0.5, 0.6) is 5.75 Å². The Labute approximate surface area is 162 Å². The van der Waals surface area contributed by atoms with Crippen LogP contribution in [-0.4, -0.2) is 61.7 Å². The molecule has 0 saturated heterocycles. The van der Waals surface area contributed by atoms with Crippen molar-refractivity contribution in [1.29, 1.82) is 0 Å². The van der Waals surface area contributed by atoms with E-state index in [4.69, 9.17) is 14.5 Å². The number of amides is 1. The number of fused-ring (bicyclic) bond motifs is 1. The first-order chi connectivity index (χ1) is 13.0. The molecule has 8 heteroatoms. The van der Waals surface area contributed by atoms with Crippen LogP contribution in [0, 0.1) is 6.92 Å². The predicted octanol–water partition coefficient (Wildman–Crippen LogP) is 3.14. The fourth-order valence-electron chi connectivity index (χ4n) is 2.83. The van der Waals surface area contributed by atoms with Gasteiger partial charge in [0.05, 0.1) is 13.7 Å². The van der Waals surface area contributed by atoms with E-state index in [2.05, 4.69) is 5.32 Å². The lowest BCUT2D eigenvalue weighted by Crippen LogP contribution is -2.21. The van der Waals surface area contributed by atoms with Gasteiger partial charge in [0.2, 0.25) is 0 Å². The van der Waals surface area contributed by atoms with Gasteiger partial charge in [0.25, 0.3) is 5.91 Å². The van der Waals surface area contributed by atoms with Crippen molar-refractivity contribution in [2.24, 2.45) is 0 Å². The molecule has 0 spiro atoms. The summed E-state index contributed by atoms with van der Waals surface area (Å²) in [6, 6.07) is 7.78. The molecule has 3 aromatic rings. The number of nitrogens with zero attached hydrogens (tertiary/aromatic N) is 3. The van der Waals surface area contributed by atoms with Crippen LogP contribution < -0.4 is 10.1 Å². The summed E-state index contributed by atoms with van der Waals surface area (Å²) in [5, 5.41) is 3.41. The molecule has 0 radical (unpaired) electrons. The zero-order valence-electron chi connectivity index (χ0n) is 16.2. The number of carbonyl (C=O) groups excluding carboxylic acids is 1. The molecule has 0 aliphatic rings. The molecule has 0 saturated carbocycles. The van der Waals surface area contributed by atoms with Crippen LogP contribution in [0.2, 0.25) is 0 Å². The fourth-order valence-corrected chi connectivity index (χ4v) is 3.98. The van der Waals surface area contributed by atoms with Gasteiger partial charge in [0.1, 0.15) is 22.1 Å². The molecule has 2 aromatic heterocycles. The second-order valence-corrected chi connectivity index (χ2v) is 7.27. The van der Waals surface area contributed by atoms with Crippen molar-refractivity contribution in [3.05, 3.63) is 34.8 Å². The predicted molar refractivity (Wildman–Crippen MR) is 108 cm³/mol. The Balaban J connectivity index is 2.12. The number of benzene rings is 1. The number of carbonyl (C=O) groups is 1. The molecule has 0 aliphatic carbocycles. The number of nitrogens with one attached hydrogen (secondary N) is 1. The van der Waals surface area contributed by atoms with Crippen molar-refractivity contribution in [2.75, 3.05) is 46.8 Å². The summed E-state index contributed by atoms with van der Waals surface area (Å²) in [5.41, 5.74) is 2.69. The van der Waals surface area contributed by atoms with Gasteiger partial charge in [-0.3, -0.25) is 9.20 Å². The Morgan fingerprint density at radius 1 is 1.26 bits per heavy atom. The van der Waals surface area contributed by atoms with Crippen molar-refractivity contribution in [1.82, 2.24) is 14.3 Å². The molecule has 3 rings (SSSR count). The number of methoxy groups -OCH3 is 2. The van der Waals surface area contributed by atoms with Gasteiger partial charge in [0.15, 0.2) is 4.96 Å². The summed E-state index contributed by atoms with van der Waals surface area (Å²) in [6.07, 6.45) is 0. The first-order valence-corrected chi connectivity index (χ1v) is 9.40. The SMILES string of the molecule is COCCNc1c(-c2ccc(OC)cc2)nc2sc(C(=O)N(C)C)c(C)n12. The van der Waals surface area contributed by atoms with Gasteiger partial charge in [-0.1, -0.05) is 11.3 Å². The third kappa shape index (κ3) is 3.63. The Hall–Kier alpha value is -2.58. The highest BCUT2D eigenvalue weighted by Gasteiger charge is 2.23. The summed E-state index contributed by atoms with van der Waals surface area (Å²) < 4.78 is 12.4. The molecule has 7 nitrogen and oxygen atoms in total. The molecule has 1 amide bonds. The monoisotopic (exact) mass is 388 g/mol. The molecule has 0 aliphatic heterocycles. The van der Waals surface area contributed by atoms with Crippen LogP contribution in [0.25, 0.3) is 16.2 Å². The molecule has 1 N–H and O–H groups in total. The topological polar surface area (TPSA) is 68.1 Å². The highest BCUT2D eigenvalue weighted by atomic mass is 32.1. The first-order valence-electron chi connectivity index (χ1n) is 8.58. The van der Waals surface area contributed by atoms with Gasteiger partial charge in [-0.05, 0) is 31.2 Å². The van der Waals surface area contributed by atoms with E-state index in [1.54, 1.807) is 33.2 Å². The maximum absolute atomic E-state index is 12.5. The highest BCUT2D eigenvalue weighted by Crippen LogP contribution is 2.35. The second-order valence-electron chi connectivity index (χ2n) is 6.29. The Morgan fingerprint density at radius 3 is 2.56 bits per heavy atom. The van der Waals surface area contributed by atoms with Crippen LogP contribution in [0.15, 0.2) is 24.3 Å². The minimum absolute atomic E-state index is 0.0168. The molecule has 144 valence electrons. The molecule has 1 aromatic carbocycles. The summed E-state index contributed by atoms with van der Waals surface area (Å²) in [5.74, 6) is 1.64. The zero-order valence-corrected chi connectivity index (χ0v) is 17.0. The van der Waals surface area contributed by atoms with Crippen LogP contribution in [0.4, 0.5) is 5.82 Å². The minimum atomic E-state index is -0.0168. The van der Waals surface area contributed by atoms with E-state index in [0.717, 1.165) is 33.5 Å². The molecule has 2 heterocycles. The second kappa shape index (κ2) is 7.98. The zero-order chi connectivity index (χ0) is 19.6. The van der Waals surface area contributed by atoms with Crippen LogP contribution >= 0.6 is 11.3 Å². The maximum atomic E-state index is 12.5. The van der Waals surface area contributed by atoms with Crippen molar-refractivity contribution in [3.8, 4) is 17.0 Å². The van der Waals surface area contributed by atoms with Crippen molar-refractivity contribution in [2.45, 2.75) is 6.92 Å². The number of thiazole rings is 1. The Bertz CT molecular complexity index is 944. The molecule has 27 heavy (non-hydrogen) atoms. The molecule has 0 unspecified atom stereocenters. The standard InChI is InChI=1S/C19H24N4O3S/c1-12-16(18(24)22(2)3)27-19-21-15(13-6-8-14(26-5)9-7-13)17(23(12)19)20-10-11-25-4/h6-9,20H,10-11H2,1-5H3. The largest absolute Gasteiger partial charge is 0.497 e. The van der Waals surface area contributed by atoms with Gasteiger partial charge >= 0.3 is 0 Å². The van der Waals surface area contributed by atoms with Gasteiger partial charge < -0.3 is 19.7 Å². The van der Waals surface area contributed by atoms with Crippen molar-refractivity contribution < 1.29 is 14.3 Å². The molecule has 0 atom stereocenters. The van der Waals surface area contributed by atoms with E-state index in [9.17, 15) is 4.79 Å². The smallest absolute Gasteiger partial charge is 0.265 e. The quantitative estimate of drug-likeness (QED) is 0.630. The van der Waals surface area contributed by atoms with Crippen LogP contribution in [0.3, 0.4) is 0 Å². The normalized spacial score (nSPS) is 11.0. The number of rotatable bonds is 7. The van der Waals surface area contributed by atoms with Gasteiger partial charge in [-0.25, -0.2) is 4.98 Å². The summed E-state index contributed by atoms with van der Waals surface area (Å²) >= 11 is 1.40.